The lowest BCUT2D eigenvalue weighted by Gasteiger charge is -1.99. The van der Waals surface area contributed by atoms with Crippen molar-refractivity contribution >= 4 is 17.2 Å². The Kier molecular flexibility index (Phi) is 3.35. The molecule has 2 aromatic heterocycles. The van der Waals surface area contributed by atoms with Crippen LogP contribution in [-0.2, 0) is 13.7 Å². The van der Waals surface area contributed by atoms with E-state index in [9.17, 15) is 4.79 Å². The van der Waals surface area contributed by atoms with Crippen LogP contribution in [0.2, 0.25) is 0 Å². The number of aryl methyl sites for hydroxylation is 1. The first-order valence-corrected chi connectivity index (χ1v) is 5.64. The molecule has 2 rings (SSSR count). The molecule has 0 saturated heterocycles. The summed E-state index contributed by atoms with van der Waals surface area (Å²) in [6, 6.07) is 0. The highest BCUT2D eigenvalue weighted by Gasteiger charge is 2.09. The molecule has 0 unspecified atom stereocenters. The molecule has 90 valence electrons. The number of hydrogen-bond acceptors (Lipinski definition) is 6. The molecule has 8 heteroatoms. The molecular weight excluding hydrogens is 242 g/mol. The SMILES string of the molecule is Cn1cc(OCc2csc(C(=O)NN)n2)cn1. The minimum absolute atomic E-state index is 0.292. The molecule has 0 aliphatic heterocycles. The summed E-state index contributed by atoms with van der Waals surface area (Å²) in [6.07, 6.45) is 3.36. The largest absolute Gasteiger partial charge is 0.484 e. The summed E-state index contributed by atoms with van der Waals surface area (Å²) in [6.45, 7) is 0.292. The first-order valence-electron chi connectivity index (χ1n) is 4.76. The Bertz CT molecular complexity index is 521. The summed E-state index contributed by atoms with van der Waals surface area (Å²) in [4.78, 5) is 15.2. The predicted octanol–water partition coefficient (Wildman–Crippen LogP) is 0.0591. The maximum Gasteiger partial charge on any atom is 0.294 e. The lowest BCUT2D eigenvalue weighted by Crippen LogP contribution is -2.29. The molecule has 0 aromatic carbocycles. The second-order valence-corrected chi connectivity index (χ2v) is 4.11. The van der Waals surface area contributed by atoms with Gasteiger partial charge in [-0.3, -0.25) is 14.9 Å². The monoisotopic (exact) mass is 253 g/mol. The molecule has 1 amide bonds. The van der Waals surface area contributed by atoms with Crippen molar-refractivity contribution in [2.24, 2.45) is 12.9 Å². The minimum Gasteiger partial charge on any atom is -0.484 e. The Hall–Kier alpha value is -1.93. The van der Waals surface area contributed by atoms with E-state index >= 15 is 0 Å². The number of aromatic nitrogens is 3. The summed E-state index contributed by atoms with van der Waals surface area (Å²) in [5.74, 6) is 5.26. The molecule has 3 N–H and O–H groups in total. The quantitative estimate of drug-likeness (QED) is 0.456. The number of amides is 1. The fourth-order valence-corrected chi connectivity index (χ4v) is 1.87. The van der Waals surface area contributed by atoms with Gasteiger partial charge >= 0.3 is 0 Å². The van der Waals surface area contributed by atoms with E-state index in [1.807, 2.05) is 5.43 Å². The number of hydrogen-bond donors (Lipinski definition) is 2. The molecule has 7 nitrogen and oxygen atoms in total. The van der Waals surface area contributed by atoms with Crippen molar-refractivity contribution in [3.05, 3.63) is 28.5 Å². The first kappa shape index (κ1) is 11.6. The van der Waals surface area contributed by atoms with Crippen molar-refractivity contribution in [3.63, 3.8) is 0 Å². The summed E-state index contributed by atoms with van der Waals surface area (Å²) >= 11 is 1.22. The molecule has 0 aliphatic rings. The van der Waals surface area contributed by atoms with Crippen LogP contribution in [0.15, 0.2) is 17.8 Å². The molecule has 0 bridgehead atoms. The molecule has 0 radical (unpaired) electrons. The Morgan fingerprint density at radius 3 is 3.18 bits per heavy atom. The number of nitrogens with two attached hydrogens (primary N) is 1. The Labute approximate surface area is 101 Å². The van der Waals surface area contributed by atoms with Crippen LogP contribution in [0, 0.1) is 0 Å². The van der Waals surface area contributed by atoms with Crippen LogP contribution in [0.5, 0.6) is 5.75 Å². The maximum absolute atomic E-state index is 11.2. The molecule has 17 heavy (non-hydrogen) atoms. The van der Waals surface area contributed by atoms with E-state index in [2.05, 4.69) is 10.1 Å². The zero-order chi connectivity index (χ0) is 12.3. The second kappa shape index (κ2) is 4.93. The van der Waals surface area contributed by atoms with Gasteiger partial charge < -0.3 is 4.74 Å². The van der Waals surface area contributed by atoms with Crippen LogP contribution in [0.3, 0.4) is 0 Å². The number of carbonyl (C=O) groups excluding carboxylic acids is 1. The van der Waals surface area contributed by atoms with E-state index in [1.165, 1.54) is 11.3 Å². The Balaban J connectivity index is 1.95. The topological polar surface area (TPSA) is 95.1 Å². The van der Waals surface area contributed by atoms with E-state index < -0.39 is 5.91 Å². The van der Waals surface area contributed by atoms with Crippen LogP contribution in [0.4, 0.5) is 0 Å². The van der Waals surface area contributed by atoms with Gasteiger partial charge in [-0.15, -0.1) is 11.3 Å². The average molecular weight is 253 g/mol. The van der Waals surface area contributed by atoms with E-state index in [0.717, 1.165) is 0 Å². The van der Waals surface area contributed by atoms with Crippen molar-refractivity contribution in [1.29, 1.82) is 0 Å². The molecule has 0 spiro atoms. The van der Waals surface area contributed by atoms with Gasteiger partial charge in [0, 0.05) is 12.4 Å². The smallest absolute Gasteiger partial charge is 0.294 e. The fraction of sp³-hybridized carbons (Fsp3) is 0.222. The maximum atomic E-state index is 11.2. The minimum atomic E-state index is -0.400. The number of hydrazine groups is 1. The normalized spacial score (nSPS) is 10.2. The van der Waals surface area contributed by atoms with Gasteiger partial charge in [0.05, 0.1) is 18.1 Å². The van der Waals surface area contributed by atoms with E-state index in [-0.39, 0.29) is 0 Å². The third kappa shape index (κ3) is 2.80. The van der Waals surface area contributed by atoms with Gasteiger partial charge in [0.2, 0.25) is 0 Å². The molecule has 0 fully saturated rings. The Morgan fingerprint density at radius 1 is 1.71 bits per heavy atom. The van der Waals surface area contributed by atoms with Crippen molar-refractivity contribution < 1.29 is 9.53 Å². The molecular formula is C9H11N5O2S. The number of nitrogens with zero attached hydrogens (tertiary/aromatic N) is 3. The van der Waals surface area contributed by atoms with E-state index in [0.29, 0.717) is 23.1 Å². The zero-order valence-electron chi connectivity index (χ0n) is 9.08. The summed E-state index contributed by atoms with van der Waals surface area (Å²) in [7, 11) is 1.80. The van der Waals surface area contributed by atoms with E-state index in [4.69, 9.17) is 10.6 Å². The highest BCUT2D eigenvalue weighted by Crippen LogP contribution is 2.13. The number of rotatable bonds is 4. The standard InChI is InChI=1S/C9H11N5O2S/c1-14-3-7(2-11-14)16-4-6-5-17-9(12-6)8(15)13-10/h2-3,5H,4,10H2,1H3,(H,13,15). The number of nitrogen functional groups attached to an aromatic ring is 1. The lowest BCUT2D eigenvalue weighted by atomic mass is 10.5. The van der Waals surface area contributed by atoms with Gasteiger partial charge in [-0.2, -0.15) is 5.10 Å². The molecule has 0 atom stereocenters. The predicted molar refractivity (Wildman–Crippen MR) is 61.3 cm³/mol. The average Bonchev–Trinajstić information content (AvgIpc) is 2.94. The lowest BCUT2D eigenvalue weighted by molar-refractivity contribution is 0.0953. The summed E-state index contributed by atoms with van der Waals surface area (Å²) in [5.41, 5.74) is 2.70. The van der Waals surface area contributed by atoms with Gasteiger partial charge in [-0.25, -0.2) is 10.8 Å². The Morgan fingerprint density at radius 2 is 2.53 bits per heavy atom. The first-order chi connectivity index (χ1) is 8.19. The van der Waals surface area contributed by atoms with E-state index in [1.54, 1.807) is 29.5 Å². The third-order valence-corrected chi connectivity index (χ3v) is 2.83. The third-order valence-electron chi connectivity index (χ3n) is 1.94. The number of ether oxygens (including phenoxy) is 1. The van der Waals surface area contributed by atoms with Crippen LogP contribution >= 0.6 is 11.3 Å². The summed E-state index contributed by atoms with van der Waals surface area (Å²) < 4.78 is 7.08. The molecule has 2 heterocycles. The van der Waals surface area contributed by atoms with Gasteiger partial charge in [-0.1, -0.05) is 0 Å². The van der Waals surface area contributed by atoms with Crippen LogP contribution < -0.4 is 16.0 Å². The van der Waals surface area contributed by atoms with Crippen molar-refractivity contribution in [3.8, 4) is 5.75 Å². The highest BCUT2D eigenvalue weighted by atomic mass is 32.1. The fourth-order valence-electron chi connectivity index (χ4n) is 1.17. The molecule has 0 aliphatic carbocycles. The van der Waals surface area contributed by atoms with Gasteiger partial charge in [-0.05, 0) is 0 Å². The van der Waals surface area contributed by atoms with Gasteiger partial charge in [0.1, 0.15) is 6.61 Å². The number of nitrogens with one attached hydrogen (secondary N) is 1. The zero-order valence-corrected chi connectivity index (χ0v) is 9.90. The van der Waals surface area contributed by atoms with Crippen molar-refractivity contribution in [1.82, 2.24) is 20.2 Å². The summed E-state index contributed by atoms with van der Waals surface area (Å²) in [5, 5.41) is 6.04. The van der Waals surface area contributed by atoms with Crippen LogP contribution in [-0.4, -0.2) is 20.7 Å². The van der Waals surface area contributed by atoms with Crippen molar-refractivity contribution in [2.75, 3.05) is 0 Å². The highest BCUT2D eigenvalue weighted by molar-refractivity contribution is 7.11. The van der Waals surface area contributed by atoms with Crippen LogP contribution in [0.25, 0.3) is 0 Å². The second-order valence-electron chi connectivity index (χ2n) is 3.26. The number of thiazole rings is 1. The van der Waals surface area contributed by atoms with Crippen molar-refractivity contribution in [2.45, 2.75) is 6.61 Å². The molecule has 2 aromatic rings. The number of carbonyl (C=O) groups is 1. The van der Waals surface area contributed by atoms with Gasteiger partial charge in [0.15, 0.2) is 10.8 Å². The van der Waals surface area contributed by atoms with Crippen LogP contribution in [0.1, 0.15) is 15.5 Å². The molecule has 0 saturated carbocycles. The van der Waals surface area contributed by atoms with Gasteiger partial charge in [0.25, 0.3) is 5.91 Å².